The molecule has 32 heavy (non-hydrogen) atoms. The van der Waals surface area contributed by atoms with Gasteiger partial charge in [0.2, 0.25) is 5.91 Å². The second-order valence-corrected chi connectivity index (χ2v) is 7.23. The number of likely N-dealkylation sites (N-methyl/N-ethyl adjacent to an activating group) is 2. The number of alkyl halides is 1. The van der Waals surface area contributed by atoms with E-state index in [0.717, 1.165) is 28.9 Å². The van der Waals surface area contributed by atoms with Crippen LogP contribution in [0, 0.1) is 11.8 Å². The first-order chi connectivity index (χ1) is 15.4. The standard InChI is InChI=1S/C25H27FN2O4/c1-27-24(31)23(22(30)17-29)28(2)25(32)21-14-12-20(13-15-21)11-10-19-8-6-18(7-9-19)5-3-4-16-26/h6-9,12-15,23,29H,3-5,16-17H2,1-2H3,(H,27,31). The topological polar surface area (TPSA) is 86.7 Å². The Morgan fingerprint density at radius 2 is 1.56 bits per heavy atom. The lowest BCUT2D eigenvalue weighted by Crippen LogP contribution is -2.52. The highest BCUT2D eigenvalue weighted by atomic mass is 19.1. The van der Waals surface area contributed by atoms with Crippen LogP contribution >= 0.6 is 0 Å². The number of rotatable bonds is 9. The van der Waals surface area contributed by atoms with Crippen LogP contribution in [0.25, 0.3) is 0 Å². The molecular formula is C25H27FN2O4. The third kappa shape index (κ3) is 6.76. The predicted octanol–water partition coefficient (Wildman–Crippen LogP) is 2.13. The Labute approximate surface area is 187 Å². The summed E-state index contributed by atoms with van der Waals surface area (Å²) in [6, 6.07) is 12.9. The lowest BCUT2D eigenvalue weighted by molar-refractivity contribution is -0.135. The van der Waals surface area contributed by atoms with Crippen LogP contribution in [-0.2, 0) is 16.0 Å². The van der Waals surface area contributed by atoms with E-state index >= 15 is 0 Å². The molecule has 2 aromatic rings. The van der Waals surface area contributed by atoms with Crippen LogP contribution in [0.5, 0.6) is 0 Å². The average Bonchev–Trinajstić information content (AvgIpc) is 2.83. The average molecular weight is 438 g/mol. The quantitative estimate of drug-likeness (QED) is 0.357. The molecular weight excluding hydrogens is 411 g/mol. The SMILES string of the molecule is CNC(=O)C(C(=O)CO)N(C)C(=O)c1ccc(C#Cc2ccc(CCCCF)cc2)cc1. The molecule has 0 saturated heterocycles. The molecule has 0 aromatic heterocycles. The number of nitrogens with zero attached hydrogens (tertiary/aromatic N) is 1. The lowest BCUT2D eigenvalue weighted by Gasteiger charge is -2.25. The van der Waals surface area contributed by atoms with Crippen molar-refractivity contribution in [1.29, 1.82) is 0 Å². The fraction of sp³-hybridized carbons (Fsp3) is 0.320. The fourth-order valence-electron chi connectivity index (χ4n) is 3.10. The zero-order valence-electron chi connectivity index (χ0n) is 18.2. The van der Waals surface area contributed by atoms with Gasteiger partial charge in [0.15, 0.2) is 11.8 Å². The van der Waals surface area contributed by atoms with E-state index in [2.05, 4.69) is 17.2 Å². The molecule has 0 saturated carbocycles. The molecule has 0 radical (unpaired) electrons. The predicted molar refractivity (Wildman–Crippen MR) is 120 cm³/mol. The minimum atomic E-state index is -1.41. The molecule has 0 aliphatic carbocycles. The number of carbonyl (C=O) groups is 3. The highest BCUT2D eigenvalue weighted by molar-refractivity contribution is 6.10. The number of aryl methyl sites for hydroxylation is 1. The van der Waals surface area contributed by atoms with Crippen LogP contribution in [0.2, 0.25) is 0 Å². The van der Waals surface area contributed by atoms with Crippen LogP contribution in [0.4, 0.5) is 4.39 Å². The molecule has 7 heteroatoms. The summed E-state index contributed by atoms with van der Waals surface area (Å²) in [5.74, 6) is 4.13. The van der Waals surface area contributed by atoms with Crippen molar-refractivity contribution < 1.29 is 23.9 Å². The molecule has 6 nitrogen and oxygen atoms in total. The summed E-state index contributed by atoms with van der Waals surface area (Å²) in [7, 11) is 2.69. The van der Waals surface area contributed by atoms with Gasteiger partial charge in [-0.15, -0.1) is 0 Å². The summed E-state index contributed by atoms with van der Waals surface area (Å²) in [4.78, 5) is 37.6. The largest absolute Gasteiger partial charge is 0.388 e. The Hall–Kier alpha value is -3.50. The molecule has 1 unspecified atom stereocenters. The van der Waals surface area contributed by atoms with Gasteiger partial charge < -0.3 is 15.3 Å². The van der Waals surface area contributed by atoms with Crippen molar-refractivity contribution in [3.63, 3.8) is 0 Å². The zero-order chi connectivity index (χ0) is 23.5. The summed E-state index contributed by atoms with van der Waals surface area (Å²) >= 11 is 0. The Balaban J connectivity index is 2.07. The molecule has 2 aromatic carbocycles. The molecule has 2 amide bonds. The highest BCUT2D eigenvalue weighted by Crippen LogP contribution is 2.11. The first-order valence-corrected chi connectivity index (χ1v) is 10.3. The molecule has 2 N–H and O–H groups in total. The summed E-state index contributed by atoms with van der Waals surface area (Å²) < 4.78 is 12.2. The number of hydrogen-bond donors (Lipinski definition) is 2. The van der Waals surface area contributed by atoms with Crippen molar-refractivity contribution in [1.82, 2.24) is 10.2 Å². The fourth-order valence-corrected chi connectivity index (χ4v) is 3.10. The Kier molecular flexibility index (Phi) is 9.58. The normalized spacial score (nSPS) is 11.1. The molecule has 0 fully saturated rings. The van der Waals surface area contributed by atoms with E-state index in [1.54, 1.807) is 24.3 Å². The monoisotopic (exact) mass is 438 g/mol. The van der Waals surface area contributed by atoms with Crippen LogP contribution in [0.1, 0.15) is 39.9 Å². The van der Waals surface area contributed by atoms with E-state index in [1.165, 1.54) is 14.1 Å². The summed E-state index contributed by atoms with van der Waals surface area (Å²) in [6.07, 6.45) is 2.23. The van der Waals surface area contributed by atoms with Gasteiger partial charge in [-0.2, -0.15) is 0 Å². The van der Waals surface area contributed by atoms with Crippen molar-refractivity contribution in [2.75, 3.05) is 27.4 Å². The summed E-state index contributed by atoms with van der Waals surface area (Å²) in [5, 5.41) is 11.4. The Morgan fingerprint density at radius 1 is 1.00 bits per heavy atom. The van der Waals surface area contributed by atoms with Gasteiger partial charge in [-0.05, 0) is 61.2 Å². The number of Topliss-reactive ketones (excluding diaryl/α,β-unsaturated/α-hetero) is 1. The zero-order valence-corrected chi connectivity index (χ0v) is 18.2. The van der Waals surface area contributed by atoms with Crippen LogP contribution in [0.3, 0.4) is 0 Å². The number of aliphatic hydroxyl groups excluding tert-OH is 1. The van der Waals surface area contributed by atoms with E-state index in [4.69, 9.17) is 5.11 Å². The molecule has 0 aliphatic heterocycles. The lowest BCUT2D eigenvalue weighted by atomic mass is 10.1. The number of ketones is 1. The van der Waals surface area contributed by atoms with Crippen molar-refractivity contribution in [3.05, 3.63) is 70.8 Å². The number of nitrogens with one attached hydrogen (secondary N) is 1. The van der Waals surface area contributed by atoms with Gasteiger partial charge in [0.1, 0.15) is 6.61 Å². The summed E-state index contributed by atoms with van der Waals surface area (Å²) in [6.45, 7) is -1.14. The van der Waals surface area contributed by atoms with Crippen molar-refractivity contribution in [2.24, 2.45) is 0 Å². The number of unbranched alkanes of at least 4 members (excludes halogenated alkanes) is 1. The second-order valence-electron chi connectivity index (χ2n) is 7.23. The first-order valence-electron chi connectivity index (χ1n) is 10.3. The molecule has 0 bridgehead atoms. The first kappa shape index (κ1) is 24.8. The van der Waals surface area contributed by atoms with Gasteiger partial charge >= 0.3 is 0 Å². The molecule has 0 spiro atoms. The van der Waals surface area contributed by atoms with Gasteiger partial charge in [0.25, 0.3) is 5.91 Å². The minimum absolute atomic E-state index is 0.287. The number of carbonyl (C=O) groups excluding carboxylic acids is 3. The number of hydrogen-bond acceptors (Lipinski definition) is 4. The molecule has 1 atom stereocenters. The number of aliphatic hydroxyl groups is 1. The second kappa shape index (κ2) is 12.4. The van der Waals surface area contributed by atoms with E-state index < -0.39 is 30.2 Å². The van der Waals surface area contributed by atoms with Crippen molar-refractivity contribution in [3.8, 4) is 11.8 Å². The number of amides is 2. The van der Waals surface area contributed by atoms with Gasteiger partial charge in [0.05, 0.1) is 6.67 Å². The van der Waals surface area contributed by atoms with Gasteiger partial charge in [-0.25, -0.2) is 0 Å². The maximum atomic E-state index is 12.7. The molecule has 0 aliphatic rings. The summed E-state index contributed by atoms with van der Waals surface area (Å²) in [5.41, 5.74) is 2.97. The number of halogens is 1. The van der Waals surface area contributed by atoms with Crippen LogP contribution < -0.4 is 5.32 Å². The van der Waals surface area contributed by atoms with Gasteiger partial charge in [-0.3, -0.25) is 18.8 Å². The van der Waals surface area contributed by atoms with Crippen molar-refractivity contribution in [2.45, 2.75) is 25.3 Å². The van der Waals surface area contributed by atoms with E-state index in [1.807, 2.05) is 24.3 Å². The van der Waals surface area contributed by atoms with E-state index in [9.17, 15) is 18.8 Å². The van der Waals surface area contributed by atoms with Crippen molar-refractivity contribution >= 4 is 17.6 Å². The van der Waals surface area contributed by atoms with E-state index in [0.29, 0.717) is 12.0 Å². The Morgan fingerprint density at radius 3 is 2.06 bits per heavy atom. The van der Waals surface area contributed by atoms with Crippen LogP contribution in [-0.4, -0.2) is 61.0 Å². The smallest absolute Gasteiger partial charge is 0.254 e. The van der Waals surface area contributed by atoms with E-state index in [-0.39, 0.29) is 12.2 Å². The third-order valence-electron chi connectivity index (χ3n) is 4.95. The third-order valence-corrected chi connectivity index (χ3v) is 4.95. The van der Waals surface area contributed by atoms with Gasteiger partial charge in [0, 0.05) is 30.8 Å². The highest BCUT2D eigenvalue weighted by Gasteiger charge is 2.32. The molecule has 2 rings (SSSR count). The Bertz CT molecular complexity index is 975. The molecule has 168 valence electrons. The maximum Gasteiger partial charge on any atom is 0.254 e. The minimum Gasteiger partial charge on any atom is -0.388 e. The maximum absolute atomic E-state index is 12.7. The number of benzene rings is 2. The molecule has 0 heterocycles. The van der Waals surface area contributed by atoms with Crippen LogP contribution in [0.15, 0.2) is 48.5 Å². The van der Waals surface area contributed by atoms with Gasteiger partial charge in [-0.1, -0.05) is 24.0 Å².